The van der Waals surface area contributed by atoms with E-state index in [1.807, 2.05) is 12.1 Å². The first-order chi connectivity index (χ1) is 8.36. The average molecular weight is 228 g/mol. The molecular formula is C15H9LiO2. The molecule has 0 aliphatic rings. The van der Waals surface area contributed by atoms with E-state index in [9.17, 15) is 0 Å². The van der Waals surface area contributed by atoms with Gasteiger partial charge in [-0.1, -0.05) is 35.7 Å². The van der Waals surface area contributed by atoms with Gasteiger partial charge in [0.05, 0.1) is 0 Å². The van der Waals surface area contributed by atoms with Gasteiger partial charge in [0.25, 0.3) is 0 Å². The van der Waals surface area contributed by atoms with Gasteiger partial charge >= 0.3 is 25.0 Å². The Morgan fingerprint density at radius 1 is 0.833 bits per heavy atom. The Balaban J connectivity index is 0.000000372. The molecule has 0 amide bonds. The van der Waals surface area contributed by atoms with Gasteiger partial charge in [-0.05, 0) is 5.39 Å². The summed E-state index contributed by atoms with van der Waals surface area (Å²) in [5.74, 6) is 0. The molecule has 0 saturated carbocycles. The fourth-order valence-corrected chi connectivity index (χ4v) is 1.88. The van der Waals surface area contributed by atoms with Crippen molar-refractivity contribution in [1.29, 1.82) is 0 Å². The Hall–Kier alpha value is -1.84. The Bertz CT molecular complexity index is 631. The minimum atomic E-state index is 0. The van der Waals surface area contributed by atoms with Crippen LogP contribution >= 0.6 is 0 Å². The van der Waals surface area contributed by atoms with E-state index in [1.54, 1.807) is 0 Å². The number of benzene rings is 3. The van der Waals surface area contributed by atoms with Gasteiger partial charge in [-0.15, -0.1) is 41.1 Å². The maximum atomic E-state index is 8.12. The zero-order valence-corrected chi connectivity index (χ0v) is 10.0. The van der Waals surface area contributed by atoms with Crippen molar-refractivity contribution in [3.05, 3.63) is 60.7 Å². The summed E-state index contributed by atoms with van der Waals surface area (Å²) in [6, 6.07) is 22.1. The molecule has 18 heavy (non-hydrogen) atoms. The predicted molar refractivity (Wildman–Crippen MR) is 65.3 cm³/mol. The van der Waals surface area contributed by atoms with Crippen molar-refractivity contribution in [2.75, 3.05) is 0 Å². The smallest absolute Gasteiger partial charge is 0.186 e. The van der Waals surface area contributed by atoms with E-state index in [0.717, 1.165) is 0 Å². The van der Waals surface area contributed by atoms with E-state index >= 15 is 0 Å². The van der Waals surface area contributed by atoms with E-state index in [0.29, 0.717) is 0 Å². The summed E-state index contributed by atoms with van der Waals surface area (Å²) in [5.41, 5.74) is 0. The molecule has 0 spiro atoms. The van der Waals surface area contributed by atoms with Crippen LogP contribution in [0.4, 0.5) is 0 Å². The van der Waals surface area contributed by atoms with Crippen molar-refractivity contribution in [3.63, 3.8) is 0 Å². The SMILES string of the molecule is O=C=O.[Li+].[c-]1cccc2c1ccc1ccccc12. The molecule has 0 radical (unpaired) electrons. The van der Waals surface area contributed by atoms with Crippen molar-refractivity contribution in [3.8, 4) is 0 Å². The molecule has 3 aromatic carbocycles. The zero-order chi connectivity index (χ0) is 12.1. The van der Waals surface area contributed by atoms with Crippen LogP contribution in [0.2, 0.25) is 0 Å². The number of carbonyl (C=O) groups excluding carboxylic acids is 2. The van der Waals surface area contributed by atoms with E-state index in [1.165, 1.54) is 21.5 Å². The summed E-state index contributed by atoms with van der Waals surface area (Å²) >= 11 is 0. The van der Waals surface area contributed by atoms with E-state index < -0.39 is 0 Å². The first-order valence-corrected chi connectivity index (χ1v) is 5.14. The molecule has 0 N–H and O–H groups in total. The first-order valence-electron chi connectivity index (χ1n) is 5.14. The Morgan fingerprint density at radius 2 is 1.50 bits per heavy atom. The molecule has 0 fully saturated rings. The molecule has 0 heterocycles. The van der Waals surface area contributed by atoms with Crippen molar-refractivity contribution >= 4 is 27.7 Å². The topological polar surface area (TPSA) is 34.1 Å². The second-order valence-electron chi connectivity index (χ2n) is 3.50. The van der Waals surface area contributed by atoms with Crippen LogP contribution in [0.1, 0.15) is 0 Å². The maximum Gasteiger partial charge on any atom is 1.00 e. The van der Waals surface area contributed by atoms with Crippen LogP contribution in [0.25, 0.3) is 21.5 Å². The molecular weight excluding hydrogens is 219 g/mol. The predicted octanol–water partition coefficient (Wildman–Crippen LogP) is 0.214. The number of rotatable bonds is 0. The molecule has 0 atom stereocenters. The fraction of sp³-hybridized carbons (Fsp3) is 0. The Morgan fingerprint density at radius 3 is 2.28 bits per heavy atom. The van der Waals surface area contributed by atoms with Crippen LogP contribution in [0.15, 0.2) is 54.6 Å². The van der Waals surface area contributed by atoms with Gasteiger partial charge in [-0.25, -0.2) is 0 Å². The largest absolute Gasteiger partial charge is 1.00 e. The van der Waals surface area contributed by atoms with Crippen LogP contribution in [0.3, 0.4) is 0 Å². The third kappa shape index (κ3) is 2.88. The van der Waals surface area contributed by atoms with Crippen LogP contribution in [-0.2, 0) is 9.59 Å². The first kappa shape index (κ1) is 14.2. The van der Waals surface area contributed by atoms with Crippen LogP contribution in [0, 0.1) is 6.07 Å². The minimum absolute atomic E-state index is 0. The van der Waals surface area contributed by atoms with E-state index in [-0.39, 0.29) is 25.0 Å². The van der Waals surface area contributed by atoms with Gasteiger partial charge in [-0.2, -0.15) is 9.59 Å². The van der Waals surface area contributed by atoms with Gasteiger partial charge in [0.1, 0.15) is 0 Å². The average Bonchev–Trinajstić information content (AvgIpc) is 2.40. The summed E-state index contributed by atoms with van der Waals surface area (Å²) in [6.45, 7) is 0. The van der Waals surface area contributed by atoms with Crippen LogP contribution in [-0.4, -0.2) is 6.15 Å². The molecule has 0 unspecified atom stereocenters. The second kappa shape index (κ2) is 6.79. The van der Waals surface area contributed by atoms with E-state index in [2.05, 4.69) is 48.5 Å². The van der Waals surface area contributed by atoms with Gasteiger partial charge in [0, 0.05) is 0 Å². The summed E-state index contributed by atoms with van der Waals surface area (Å²) < 4.78 is 0. The monoisotopic (exact) mass is 228 g/mol. The molecule has 3 rings (SSSR count). The van der Waals surface area contributed by atoms with Crippen LogP contribution < -0.4 is 18.9 Å². The third-order valence-electron chi connectivity index (χ3n) is 2.57. The standard InChI is InChI=1S/C14H9.CO2.Li/c1-3-7-13-11(5-1)9-10-12-6-2-4-8-14(12)13;2-1-3;/h1-5,7-10H;;/q-1;;+1. The molecule has 0 saturated heterocycles. The summed E-state index contributed by atoms with van der Waals surface area (Å²) in [5, 5.41) is 5.07. The molecule has 3 heteroatoms. The molecule has 3 aromatic rings. The van der Waals surface area contributed by atoms with Gasteiger partial charge < -0.3 is 0 Å². The fourth-order valence-electron chi connectivity index (χ4n) is 1.88. The number of hydrogen-bond donors (Lipinski definition) is 0. The van der Waals surface area contributed by atoms with Crippen LogP contribution in [0.5, 0.6) is 0 Å². The second-order valence-corrected chi connectivity index (χ2v) is 3.50. The zero-order valence-electron chi connectivity index (χ0n) is 10.0. The normalized spacial score (nSPS) is 8.89. The van der Waals surface area contributed by atoms with Crippen molar-refractivity contribution < 1.29 is 28.4 Å². The maximum absolute atomic E-state index is 8.12. The summed E-state index contributed by atoms with van der Waals surface area (Å²) in [7, 11) is 0. The van der Waals surface area contributed by atoms with Crippen molar-refractivity contribution in [1.82, 2.24) is 0 Å². The Labute approximate surface area is 117 Å². The van der Waals surface area contributed by atoms with Gasteiger partial charge in [-0.3, -0.25) is 0 Å². The summed E-state index contributed by atoms with van der Waals surface area (Å²) in [6.07, 6.45) is 0.250. The quantitative estimate of drug-likeness (QED) is 0.313. The molecule has 82 valence electrons. The van der Waals surface area contributed by atoms with Gasteiger partial charge in [0.2, 0.25) is 0 Å². The molecule has 0 aliphatic carbocycles. The molecule has 0 aromatic heterocycles. The minimum Gasteiger partial charge on any atom is -0.186 e. The van der Waals surface area contributed by atoms with Crippen molar-refractivity contribution in [2.45, 2.75) is 0 Å². The number of hydrogen-bond acceptors (Lipinski definition) is 2. The third-order valence-corrected chi connectivity index (χ3v) is 2.57. The molecule has 0 bridgehead atoms. The summed E-state index contributed by atoms with van der Waals surface area (Å²) in [4.78, 5) is 16.2. The van der Waals surface area contributed by atoms with Crippen molar-refractivity contribution in [2.24, 2.45) is 0 Å². The molecule has 0 aliphatic heterocycles. The van der Waals surface area contributed by atoms with E-state index in [4.69, 9.17) is 9.59 Å². The number of fused-ring (bicyclic) bond motifs is 3. The molecule has 2 nitrogen and oxygen atoms in total. The Kier molecular flexibility index (Phi) is 5.36. The van der Waals surface area contributed by atoms with Gasteiger partial charge in [0.15, 0.2) is 0 Å².